The van der Waals surface area contributed by atoms with Crippen LogP contribution in [0.1, 0.15) is 1.37 Å². The molecule has 0 unspecified atom stereocenters. The van der Waals surface area contributed by atoms with Crippen LogP contribution in [0.3, 0.4) is 0 Å². The summed E-state index contributed by atoms with van der Waals surface area (Å²) in [6.07, 6.45) is 0. The molecule has 0 N–H and O–H groups in total. The van der Waals surface area contributed by atoms with E-state index in [0.29, 0.717) is 6.04 Å². The van der Waals surface area contributed by atoms with Crippen LogP contribution in [-0.2, 0) is 0 Å². The number of hydrogen-bond donors (Lipinski definition) is 0. The summed E-state index contributed by atoms with van der Waals surface area (Å²) in [5.41, 5.74) is 0. The molecule has 0 radical (unpaired) electrons. The van der Waals surface area contributed by atoms with E-state index in [1.807, 2.05) is 12.1 Å². The maximum atomic E-state index is 8.28. The van der Waals surface area contributed by atoms with Crippen molar-refractivity contribution in [3.63, 3.8) is 0 Å². The zero-order chi connectivity index (χ0) is 15.4. The van der Waals surface area contributed by atoms with Crippen molar-refractivity contribution in [3.8, 4) is 0 Å². The highest BCUT2D eigenvalue weighted by molar-refractivity contribution is 6.22. The van der Waals surface area contributed by atoms with Crippen LogP contribution in [-0.4, -0.2) is 0 Å². The van der Waals surface area contributed by atoms with E-state index in [-0.39, 0.29) is 0 Å². The van der Waals surface area contributed by atoms with E-state index in [9.17, 15) is 0 Å². The largest absolute Gasteiger partial charge is 0.0629 e. The van der Waals surface area contributed by atoms with Gasteiger partial charge in [-0.2, -0.15) is 0 Å². The van der Waals surface area contributed by atoms with Gasteiger partial charge < -0.3 is 0 Å². The van der Waals surface area contributed by atoms with Gasteiger partial charge in [0, 0.05) is 0 Å². The second-order valence-corrected chi connectivity index (χ2v) is 5.74. The summed E-state index contributed by atoms with van der Waals surface area (Å²) in [5.74, 6) is 0. The van der Waals surface area contributed by atoms with Crippen molar-refractivity contribution in [2.45, 2.75) is 0 Å². The summed E-state index contributed by atoms with van der Waals surface area (Å²) < 4.78 is 8.28. The first kappa shape index (κ1) is 10.8. The maximum absolute atomic E-state index is 8.28. The molecule has 0 saturated heterocycles. The Kier molecular flexibility index (Phi) is 2.12. The molecular formula is C22H14. The zero-order valence-corrected chi connectivity index (χ0v) is 12.0. The Morgan fingerprint density at radius 1 is 0.409 bits per heavy atom. The van der Waals surface area contributed by atoms with E-state index in [1.54, 1.807) is 0 Å². The molecule has 0 heterocycles. The molecule has 22 heavy (non-hydrogen) atoms. The molecule has 0 aliphatic rings. The molecule has 0 atom stereocenters. The first-order valence-electron chi connectivity index (χ1n) is 8.05. The average molecular weight is 279 g/mol. The van der Waals surface area contributed by atoms with Crippen LogP contribution in [0.2, 0.25) is 0 Å². The molecule has 0 aromatic heterocycles. The van der Waals surface area contributed by atoms with Crippen LogP contribution in [0.15, 0.2) is 84.9 Å². The van der Waals surface area contributed by atoms with Crippen LogP contribution in [0, 0.1) is 0 Å². The van der Waals surface area contributed by atoms with E-state index in [2.05, 4.69) is 66.7 Å². The summed E-state index contributed by atoms with van der Waals surface area (Å²) in [6, 6.07) is 28.1. The fourth-order valence-corrected chi connectivity index (χ4v) is 3.50. The topological polar surface area (TPSA) is 0 Å². The third-order valence-corrected chi connectivity index (χ3v) is 4.55. The quantitative estimate of drug-likeness (QED) is 0.292. The molecule has 0 aliphatic carbocycles. The van der Waals surface area contributed by atoms with Crippen LogP contribution in [0.4, 0.5) is 0 Å². The molecule has 102 valence electrons. The first-order valence-corrected chi connectivity index (χ1v) is 7.55. The van der Waals surface area contributed by atoms with Crippen LogP contribution in [0.25, 0.3) is 43.1 Å². The van der Waals surface area contributed by atoms with Gasteiger partial charge in [0.05, 0.1) is 1.37 Å². The third-order valence-electron chi connectivity index (χ3n) is 4.55. The normalized spacial score (nSPS) is 12.3. The average Bonchev–Trinajstić information content (AvgIpc) is 2.61. The standard InChI is InChI=1S/C22H14/c1-3-7-17-15(5-1)9-11-21-19(17)13-14-20-18-8-4-2-6-16(18)10-12-22(20)21/h1-14H/i7D. The number of benzene rings is 5. The highest BCUT2D eigenvalue weighted by atomic mass is 14.1. The minimum absolute atomic E-state index is 0.591. The molecule has 0 saturated carbocycles. The van der Waals surface area contributed by atoms with Crippen molar-refractivity contribution < 1.29 is 1.37 Å². The Hall–Kier alpha value is -2.86. The number of hydrogen-bond acceptors (Lipinski definition) is 0. The molecule has 0 bridgehead atoms. The van der Waals surface area contributed by atoms with Crippen molar-refractivity contribution in [2.75, 3.05) is 0 Å². The monoisotopic (exact) mass is 279 g/mol. The summed E-state index contributed by atoms with van der Waals surface area (Å²) in [6.45, 7) is 0. The molecule has 0 heteroatoms. The van der Waals surface area contributed by atoms with Crippen LogP contribution in [0.5, 0.6) is 0 Å². The smallest absolute Gasteiger partial charge is 0.0616 e. The van der Waals surface area contributed by atoms with Gasteiger partial charge in [0.1, 0.15) is 0 Å². The Balaban J connectivity index is 2.05. The lowest BCUT2D eigenvalue weighted by atomic mass is 9.94. The highest BCUT2D eigenvalue weighted by Crippen LogP contribution is 2.34. The number of rotatable bonds is 0. The van der Waals surface area contributed by atoms with E-state index in [4.69, 9.17) is 1.37 Å². The van der Waals surface area contributed by atoms with Gasteiger partial charge in [0.15, 0.2) is 0 Å². The van der Waals surface area contributed by atoms with Crippen molar-refractivity contribution in [3.05, 3.63) is 84.9 Å². The van der Waals surface area contributed by atoms with Gasteiger partial charge in [-0.25, -0.2) is 0 Å². The Morgan fingerprint density at radius 2 is 0.909 bits per heavy atom. The highest BCUT2D eigenvalue weighted by Gasteiger charge is 2.06. The Morgan fingerprint density at radius 3 is 1.68 bits per heavy atom. The van der Waals surface area contributed by atoms with Crippen molar-refractivity contribution in [1.82, 2.24) is 0 Å². The molecule has 0 spiro atoms. The second-order valence-electron chi connectivity index (χ2n) is 5.74. The zero-order valence-electron chi connectivity index (χ0n) is 13.0. The van der Waals surface area contributed by atoms with Gasteiger partial charge in [-0.3, -0.25) is 0 Å². The van der Waals surface area contributed by atoms with E-state index in [0.717, 1.165) is 16.2 Å². The third kappa shape index (κ3) is 1.52. The van der Waals surface area contributed by atoms with E-state index in [1.165, 1.54) is 26.9 Å². The SMILES string of the molecule is [2H]c1cccc2ccc3c4ccc5ccccc5c4ccc3c12. The molecule has 0 nitrogen and oxygen atoms in total. The van der Waals surface area contributed by atoms with E-state index >= 15 is 0 Å². The molecular weight excluding hydrogens is 264 g/mol. The van der Waals surface area contributed by atoms with Crippen molar-refractivity contribution >= 4 is 43.1 Å². The maximum Gasteiger partial charge on any atom is 0.0629 e. The van der Waals surface area contributed by atoms with Gasteiger partial charge in [-0.1, -0.05) is 84.9 Å². The Labute approximate surface area is 130 Å². The lowest BCUT2D eigenvalue weighted by Crippen LogP contribution is -1.82. The molecule has 5 aromatic carbocycles. The van der Waals surface area contributed by atoms with Gasteiger partial charge in [-0.15, -0.1) is 0 Å². The summed E-state index contributed by atoms with van der Waals surface area (Å²) in [7, 11) is 0. The summed E-state index contributed by atoms with van der Waals surface area (Å²) in [5, 5.41) is 9.64. The fourth-order valence-electron chi connectivity index (χ4n) is 3.50. The molecule has 5 aromatic rings. The lowest BCUT2D eigenvalue weighted by molar-refractivity contribution is 1.78. The predicted molar refractivity (Wildman–Crippen MR) is 96.5 cm³/mol. The van der Waals surface area contributed by atoms with Gasteiger partial charge in [0.25, 0.3) is 0 Å². The van der Waals surface area contributed by atoms with E-state index < -0.39 is 0 Å². The fraction of sp³-hybridized carbons (Fsp3) is 0. The summed E-state index contributed by atoms with van der Waals surface area (Å²) >= 11 is 0. The Bertz CT molecular complexity index is 1220. The second kappa shape index (κ2) is 4.32. The van der Waals surface area contributed by atoms with Gasteiger partial charge in [0.2, 0.25) is 0 Å². The van der Waals surface area contributed by atoms with Crippen molar-refractivity contribution in [1.29, 1.82) is 0 Å². The molecule has 5 rings (SSSR count). The minimum atomic E-state index is 0.591. The van der Waals surface area contributed by atoms with Gasteiger partial charge >= 0.3 is 0 Å². The van der Waals surface area contributed by atoms with Crippen LogP contribution >= 0.6 is 0 Å². The lowest BCUT2D eigenvalue weighted by Gasteiger charge is -2.09. The summed E-state index contributed by atoms with van der Waals surface area (Å²) in [4.78, 5) is 0. The first-order chi connectivity index (χ1) is 11.3. The minimum Gasteiger partial charge on any atom is -0.0616 e. The molecule has 0 fully saturated rings. The van der Waals surface area contributed by atoms with Crippen molar-refractivity contribution in [2.24, 2.45) is 0 Å². The van der Waals surface area contributed by atoms with Gasteiger partial charge in [-0.05, 0) is 43.1 Å². The predicted octanol–water partition coefficient (Wildman–Crippen LogP) is 6.30. The molecule has 0 amide bonds. The number of fused-ring (bicyclic) bond motifs is 7. The molecule has 0 aliphatic heterocycles. The van der Waals surface area contributed by atoms with Crippen LogP contribution < -0.4 is 0 Å².